The average molecular weight is 575 g/mol. The van der Waals surface area contributed by atoms with Crippen molar-refractivity contribution in [3.8, 4) is 16.5 Å². The molecule has 8 heteroatoms. The molecular weight excluding hydrogens is 537 g/mol. The van der Waals surface area contributed by atoms with Crippen molar-refractivity contribution in [2.24, 2.45) is 0 Å². The number of thiazole rings is 1. The Morgan fingerprint density at radius 1 is 0.925 bits per heavy atom. The molecular formula is C32H38N2O4SSi. The number of carbonyl (C=O) groups excluding carboxylic acids is 1. The molecule has 2 aromatic carbocycles. The van der Waals surface area contributed by atoms with E-state index in [1.807, 2.05) is 24.3 Å². The van der Waals surface area contributed by atoms with Crippen LogP contribution in [0.2, 0.25) is 5.04 Å². The first kappa shape index (κ1) is 29.6. The van der Waals surface area contributed by atoms with E-state index in [4.69, 9.17) is 13.9 Å². The molecule has 2 aromatic heterocycles. The van der Waals surface area contributed by atoms with Crippen molar-refractivity contribution in [1.82, 2.24) is 9.97 Å². The predicted molar refractivity (Wildman–Crippen MR) is 164 cm³/mol. The fourth-order valence-corrected chi connectivity index (χ4v) is 10.6. The zero-order valence-electron chi connectivity index (χ0n) is 24.0. The molecule has 0 N–H and O–H groups in total. The molecule has 6 nitrogen and oxygen atoms in total. The Hall–Kier alpha value is -3.33. The fourth-order valence-electron chi connectivity index (χ4n) is 4.95. The van der Waals surface area contributed by atoms with Gasteiger partial charge in [-0.3, -0.25) is 0 Å². The summed E-state index contributed by atoms with van der Waals surface area (Å²) in [5.41, 5.74) is 1.26. The number of rotatable bonds is 12. The molecule has 0 unspecified atom stereocenters. The van der Waals surface area contributed by atoms with Crippen LogP contribution in [0.15, 0.2) is 79.0 Å². The third kappa shape index (κ3) is 6.51. The number of carbonyl (C=O) groups is 1. The van der Waals surface area contributed by atoms with E-state index in [1.165, 1.54) is 21.7 Å². The molecule has 4 rings (SSSR count). The number of hydrogen-bond donors (Lipinski definition) is 0. The molecule has 0 spiro atoms. The van der Waals surface area contributed by atoms with Gasteiger partial charge < -0.3 is 13.9 Å². The lowest BCUT2D eigenvalue weighted by Gasteiger charge is -2.43. The number of benzene rings is 2. The van der Waals surface area contributed by atoms with Gasteiger partial charge in [0.2, 0.25) is 5.88 Å². The summed E-state index contributed by atoms with van der Waals surface area (Å²) in [7, 11) is -2.63. The van der Waals surface area contributed by atoms with Gasteiger partial charge in [0.15, 0.2) is 5.69 Å². The van der Waals surface area contributed by atoms with Gasteiger partial charge >= 0.3 is 5.97 Å². The van der Waals surface area contributed by atoms with Crippen LogP contribution in [-0.2, 0) is 15.6 Å². The van der Waals surface area contributed by atoms with E-state index in [0.717, 1.165) is 28.3 Å². The number of hydrogen-bond acceptors (Lipinski definition) is 7. The SMILES string of the molecule is CCCc1sc(-c2ccnc(OCCO[Si](c3ccccc3)(c3ccccc3)C(C)(C)C)c2)nc1C(=O)OCC. The van der Waals surface area contributed by atoms with Gasteiger partial charge in [0.1, 0.15) is 11.6 Å². The van der Waals surface area contributed by atoms with Crippen molar-refractivity contribution in [3.63, 3.8) is 0 Å². The number of aryl methyl sites for hydroxylation is 1. The number of ether oxygens (including phenoxy) is 2. The van der Waals surface area contributed by atoms with Crippen molar-refractivity contribution in [1.29, 1.82) is 0 Å². The monoisotopic (exact) mass is 574 g/mol. The standard InChI is InChI=1S/C32H38N2O4SSi/c1-6-14-27-29(31(35)36-7-2)34-30(39-27)24-19-20-33-28(23-24)37-21-22-38-40(32(3,4)5,25-15-10-8-11-16-25)26-17-12-9-13-18-26/h8-13,15-20,23H,6-7,14,21-22H2,1-5H3. The first-order chi connectivity index (χ1) is 19.3. The Morgan fingerprint density at radius 2 is 1.57 bits per heavy atom. The highest BCUT2D eigenvalue weighted by Crippen LogP contribution is 2.37. The van der Waals surface area contributed by atoms with Gasteiger partial charge in [0.25, 0.3) is 8.32 Å². The molecule has 0 radical (unpaired) electrons. The molecule has 0 amide bonds. The zero-order chi connectivity index (χ0) is 28.6. The van der Waals surface area contributed by atoms with Crippen LogP contribution in [0.3, 0.4) is 0 Å². The number of aromatic nitrogens is 2. The highest BCUT2D eigenvalue weighted by molar-refractivity contribution is 7.15. The highest BCUT2D eigenvalue weighted by Gasteiger charge is 2.50. The largest absolute Gasteiger partial charge is 0.475 e. The minimum atomic E-state index is -2.63. The molecule has 4 aromatic rings. The molecule has 0 fully saturated rings. The van der Waals surface area contributed by atoms with Crippen LogP contribution in [0.5, 0.6) is 5.88 Å². The van der Waals surface area contributed by atoms with Crippen LogP contribution >= 0.6 is 11.3 Å². The van der Waals surface area contributed by atoms with Gasteiger partial charge in [-0.15, -0.1) is 11.3 Å². The molecule has 40 heavy (non-hydrogen) atoms. The van der Waals surface area contributed by atoms with Crippen molar-refractivity contribution in [3.05, 3.63) is 89.6 Å². The van der Waals surface area contributed by atoms with Crippen LogP contribution in [0.1, 0.15) is 56.4 Å². The van der Waals surface area contributed by atoms with E-state index in [-0.39, 0.29) is 11.0 Å². The summed E-state index contributed by atoms with van der Waals surface area (Å²) in [6, 6.07) is 24.9. The minimum absolute atomic E-state index is 0.106. The second-order valence-corrected chi connectivity index (χ2v) is 15.9. The van der Waals surface area contributed by atoms with Crippen molar-refractivity contribution >= 4 is 36.0 Å². The van der Waals surface area contributed by atoms with E-state index in [1.54, 1.807) is 13.1 Å². The normalized spacial score (nSPS) is 11.8. The lowest BCUT2D eigenvalue weighted by molar-refractivity contribution is 0.0519. The van der Waals surface area contributed by atoms with Gasteiger partial charge in [-0.25, -0.2) is 14.8 Å². The van der Waals surface area contributed by atoms with Gasteiger partial charge in [-0.1, -0.05) is 94.8 Å². The first-order valence-electron chi connectivity index (χ1n) is 13.8. The van der Waals surface area contributed by atoms with Crippen LogP contribution in [0.25, 0.3) is 10.6 Å². The van der Waals surface area contributed by atoms with Gasteiger partial charge in [-0.2, -0.15) is 0 Å². The molecule has 210 valence electrons. The third-order valence-corrected chi connectivity index (χ3v) is 12.9. The van der Waals surface area contributed by atoms with Crippen LogP contribution < -0.4 is 15.1 Å². The Balaban J connectivity index is 1.53. The second kappa shape index (κ2) is 13.3. The zero-order valence-corrected chi connectivity index (χ0v) is 25.8. The van der Waals surface area contributed by atoms with E-state index >= 15 is 0 Å². The maximum absolute atomic E-state index is 12.5. The maximum Gasteiger partial charge on any atom is 0.358 e. The Morgan fingerprint density at radius 3 is 2.15 bits per heavy atom. The van der Waals surface area contributed by atoms with Crippen LogP contribution in [0.4, 0.5) is 0 Å². The summed E-state index contributed by atoms with van der Waals surface area (Å²) in [4.78, 5) is 22.4. The topological polar surface area (TPSA) is 70.5 Å². The maximum atomic E-state index is 12.5. The summed E-state index contributed by atoms with van der Waals surface area (Å²) in [6.07, 6.45) is 3.41. The van der Waals surface area contributed by atoms with E-state index < -0.39 is 8.32 Å². The minimum Gasteiger partial charge on any atom is -0.475 e. The Bertz CT molecular complexity index is 1350. The molecule has 2 heterocycles. The van der Waals surface area contributed by atoms with E-state index in [2.05, 4.69) is 86.2 Å². The van der Waals surface area contributed by atoms with Gasteiger partial charge in [0.05, 0.1) is 13.2 Å². The number of esters is 1. The third-order valence-electron chi connectivity index (χ3n) is 6.69. The fraction of sp³-hybridized carbons (Fsp3) is 0.344. The Kier molecular flexibility index (Phi) is 9.89. The quantitative estimate of drug-likeness (QED) is 0.113. The van der Waals surface area contributed by atoms with Crippen LogP contribution in [0, 0.1) is 0 Å². The summed E-state index contributed by atoms with van der Waals surface area (Å²) >= 11 is 1.52. The number of nitrogens with zero attached hydrogens (tertiary/aromatic N) is 2. The second-order valence-electron chi connectivity index (χ2n) is 10.5. The lowest BCUT2D eigenvalue weighted by Crippen LogP contribution is -2.66. The van der Waals surface area contributed by atoms with E-state index in [0.29, 0.717) is 31.4 Å². The summed E-state index contributed by atoms with van der Waals surface area (Å²) in [6.45, 7) is 11.8. The summed E-state index contributed by atoms with van der Waals surface area (Å²) in [5, 5.41) is 3.11. The molecule has 0 saturated heterocycles. The van der Waals surface area contributed by atoms with Gasteiger partial charge in [-0.05, 0) is 34.8 Å². The molecule has 0 saturated carbocycles. The molecule has 0 aliphatic carbocycles. The molecule has 0 aliphatic heterocycles. The molecule has 0 atom stereocenters. The van der Waals surface area contributed by atoms with Crippen molar-refractivity contribution in [2.75, 3.05) is 19.8 Å². The first-order valence-corrected chi connectivity index (χ1v) is 16.5. The average Bonchev–Trinajstić information content (AvgIpc) is 3.38. The summed E-state index contributed by atoms with van der Waals surface area (Å²) in [5.74, 6) is 0.118. The predicted octanol–water partition coefficient (Wildman–Crippen LogP) is 6.29. The van der Waals surface area contributed by atoms with E-state index in [9.17, 15) is 4.79 Å². The summed E-state index contributed by atoms with van der Waals surface area (Å²) < 4.78 is 18.2. The van der Waals surface area contributed by atoms with Crippen molar-refractivity contribution < 1.29 is 18.7 Å². The highest BCUT2D eigenvalue weighted by atomic mass is 32.1. The van der Waals surface area contributed by atoms with Crippen molar-refractivity contribution in [2.45, 2.75) is 52.5 Å². The van der Waals surface area contributed by atoms with Crippen LogP contribution in [-0.4, -0.2) is 44.1 Å². The number of pyridine rings is 1. The molecule has 0 bridgehead atoms. The Labute approximate surface area is 242 Å². The lowest BCUT2D eigenvalue weighted by atomic mass is 10.2. The smallest absolute Gasteiger partial charge is 0.358 e. The molecule has 0 aliphatic rings. The van der Waals surface area contributed by atoms with Gasteiger partial charge in [0, 0.05) is 22.7 Å².